The lowest BCUT2D eigenvalue weighted by molar-refractivity contribution is -0.138. The first-order valence-electron chi connectivity index (χ1n) is 8.22. The second-order valence-electron chi connectivity index (χ2n) is 6.34. The standard InChI is InChI=1S/C19H16F4N2O2/c20-14-3-1-2-4-15(14)25-10-9-13(16(17(24)26)18(25)27)11-5-7-12(8-6-11)19(21,22)23/h1-8,13,16H,9-10H2,(H2,24,26). The number of carbonyl (C=O) groups excluding carboxylic acids is 2. The van der Waals surface area contributed by atoms with Crippen molar-refractivity contribution in [2.45, 2.75) is 18.5 Å². The quantitative estimate of drug-likeness (QED) is 0.655. The summed E-state index contributed by atoms with van der Waals surface area (Å²) in [7, 11) is 0. The topological polar surface area (TPSA) is 63.4 Å². The van der Waals surface area contributed by atoms with Gasteiger partial charge in [0.05, 0.1) is 11.3 Å². The Morgan fingerprint density at radius 1 is 1.07 bits per heavy atom. The lowest BCUT2D eigenvalue weighted by Gasteiger charge is -2.36. The van der Waals surface area contributed by atoms with Crippen LogP contribution in [-0.2, 0) is 15.8 Å². The van der Waals surface area contributed by atoms with E-state index in [1.165, 1.54) is 30.3 Å². The van der Waals surface area contributed by atoms with Crippen molar-refractivity contribution in [2.75, 3.05) is 11.4 Å². The first kappa shape index (κ1) is 18.9. The number of primary amides is 1. The predicted octanol–water partition coefficient (Wildman–Crippen LogP) is 3.47. The summed E-state index contributed by atoms with van der Waals surface area (Å²) in [4.78, 5) is 25.9. The van der Waals surface area contributed by atoms with Crippen LogP contribution in [0.4, 0.5) is 23.2 Å². The van der Waals surface area contributed by atoms with Crippen LogP contribution in [0, 0.1) is 11.7 Å². The number of anilines is 1. The summed E-state index contributed by atoms with van der Waals surface area (Å²) in [6.45, 7) is 0.120. The zero-order chi connectivity index (χ0) is 19.8. The zero-order valence-electron chi connectivity index (χ0n) is 14.0. The molecule has 0 saturated carbocycles. The monoisotopic (exact) mass is 380 g/mol. The van der Waals surface area contributed by atoms with Crippen LogP contribution >= 0.6 is 0 Å². The van der Waals surface area contributed by atoms with Crippen LogP contribution in [-0.4, -0.2) is 18.4 Å². The Bertz CT molecular complexity index is 865. The molecule has 1 saturated heterocycles. The molecule has 2 unspecified atom stereocenters. The molecule has 0 aliphatic carbocycles. The molecule has 1 aliphatic rings. The maximum atomic E-state index is 14.0. The molecule has 0 spiro atoms. The number of alkyl halides is 3. The Kier molecular flexibility index (Phi) is 4.91. The van der Waals surface area contributed by atoms with Gasteiger partial charge < -0.3 is 10.6 Å². The third-order valence-corrected chi connectivity index (χ3v) is 4.71. The number of piperidine rings is 1. The fraction of sp³-hybridized carbons (Fsp3) is 0.263. The fourth-order valence-electron chi connectivity index (χ4n) is 3.39. The van der Waals surface area contributed by atoms with Gasteiger partial charge in [-0.2, -0.15) is 13.2 Å². The molecule has 2 atom stereocenters. The number of amides is 2. The van der Waals surface area contributed by atoms with Crippen LogP contribution in [0.2, 0.25) is 0 Å². The molecule has 0 aromatic heterocycles. The van der Waals surface area contributed by atoms with Crippen LogP contribution in [0.25, 0.3) is 0 Å². The van der Waals surface area contributed by atoms with Gasteiger partial charge in [-0.1, -0.05) is 24.3 Å². The van der Waals surface area contributed by atoms with E-state index in [2.05, 4.69) is 0 Å². The highest BCUT2D eigenvalue weighted by Crippen LogP contribution is 2.38. The van der Waals surface area contributed by atoms with Gasteiger partial charge in [0.2, 0.25) is 11.8 Å². The van der Waals surface area contributed by atoms with E-state index < -0.39 is 41.2 Å². The molecule has 2 amide bonds. The number of halogens is 4. The van der Waals surface area contributed by atoms with Gasteiger partial charge in [0.1, 0.15) is 11.7 Å². The smallest absolute Gasteiger partial charge is 0.369 e. The second kappa shape index (κ2) is 7.02. The van der Waals surface area contributed by atoms with Gasteiger partial charge in [0.15, 0.2) is 0 Å². The van der Waals surface area contributed by atoms with Crippen LogP contribution in [0.15, 0.2) is 48.5 Å². The van der Waals surface area contributed by atoms with E-state index in [1.807, 2.05) is 0 Å². The van der Waals surface area contributed by atoms with Crippen molar-refractivity contribution in [2.24, 2.45) is 11.7 Å². The largest absolute Gasteiger partial charge is 0.416 e. The van der Waals surface area contributed by atoms with E-state index in [4.69, 9.17) is 5.73 Å². The van der Waals surface area contributed by atoms with Crippen LogP contribution in [0.3, 0.4) is 0 Å². The minimum atomic E-state index is -4.48. The molecule has 27 heavy (non-hydrogen) atoms. The fourth-order valence-corrected chi connectivity index (χ4v) is 3.39. The highest BCUT2D eigenvalue weighted by molar-refractivity contribution is 6.08. The number of nitrogens with two attached hydrogens (primary N) is 1. The van der Waals surface area contributed by atoms with Crippen molar-refractivity contribution in [1.82, 2.24) is 0 Å². The van der Waals surface area contributed by atoms with Gasteiger partial charge in [-0.3, -0.25) is 9.59 Å². The average Bonchev–Trinajstić information content (AvgIpc) is 2.61. The van der Waals surface area contributed by atoms with Crippen molar-refractivity contribution in [1.29, 1.82) is 0 Å². The average molecular weight is 380 g/mol. The number of carbonyl (C=O) groups is 2. The summed E-state index contributed by atoms with van der Waals surface area (Å²) in [6, 6.07) is 9.96. The van der Waals surface area contributed by atoms with Crippen LogP contribution in [0.5, 0.6) is 0 Å². The number of benzene rings is 2. The van der Waals surface area contributed by atoms with Gasteiger partial charge in [0, 0.05) is 12.5 Å². The predicted molar refractivity (Wildman–Crippen MR) is 90.2 cm³/mol. The summed E-state index contributed by atoms with van der Waals surface area (Å²) in [6.07, 6.45) is -4.22. The second-order valence-corrected chi connectivity index (χ2v) is 6.34. The maximum Gasteiger partial charge on any atom is 0.416 e. The van der Waals surface area contributed by atoms with Crippen molar-refractivity contribution in [3.8, 4) is 0 Å². The van der Waals surface area contributed by atoms with E-state index in [-0.39, 0.29) is 18.7 Å². The zero-order valence-corrected chi connectivity index (χ0v) is 14.0. The first-order chi connectivity index (χ1) is 12.7. The molecule has 2 aromatic carbocycles. The van der Waals surface area contributed by atoms with Gasteiger partial charge >= 0.3 is 6.18 Å². The SMILES string of the molecule is NC(=O)C1C(=O)N(c2ccccc2F)CCC1c1ccc(C(F)(F)F)cc1. The molecule has 0 radical (unpaired) electrons. The molecule has 142 valence electrons. The molecule has 1 heterocycles. The molecular formula is C19H16F4N2O2. The minimum absolute atomic E-state index is 0.0413. The number of para-hydroxylation sites is 1. The summed E-state index contributed by atoms with van der Waals surface area (Å²) in [5.41, 5.74) is 5.03. The van der Waals surface area contributed by atoms with Gasteiger partial charge in [-0.25, -0.2) is 4.39 Å². The molecule has 0 bridgehead atoms. The van der Waals surface area contributed by atoms with Crippen molar-refractivity contribution in [3.05, 3.63) is 65.5 Å². The number of hydrogen-bond acceptors (Lipinski definition) is 2. The lowest BCUT2D eigenvalue weighted by atomic mass is 9.79. The number of rotatable bonds is 3. The highest BCUT2D eigenvalue weighted by Gasteiger charge is 2.42. The molecule has 2 aromatic rings. The Balaban J connectivity index is 1.92. The van der Waals surface area contributed by atoms with Crippen molar-refractivity contribution < 1.29 is 27.2 Å². The van der Waals surface area contributed by atoms with Crippen LogP contribution in [0.1, 0.15) is 23.5 Å². The molecule has 4 nitrogen and oxygen atoms in total. The van der Waals surface area contributed by atoms with E-state index in [9.17, 15) is 27.2 Å². The Morgan fingerprint density at radius 3 is 2.26 bits per heavy atom. The molecule has 2 N–H and O–H groups in total. The number of hydrogen-bond donors (Lipinski definition) is 1. The van der Waals surface area contributed by atoms with Gasteiger partial charge in [-0.15, -0.1) is 0 Å². The summed E-state index contributed by atoms with van der Waals surface area (Å²) in [5.74, 6) is -4.12. The molecule has 1 aliphatic heterocycles. The van der Waals surface area contributed by atoms with E-state index in [0.717, 1.165) is 17.0 Å². The molecule has 1 fully saturated rings. The third-order valence-electron chi connectivity index (χ3n) is 4.71. The minimum Gasteiger partial charge on any atom is -0.369 e. The van der Waals surface area contributed by atoms with Crippen molar-refractivity contribution >= 4 is 17.5 Å². The maximum absolute atomic E-state index is 14.0. The Hall–Kier alpha value is -2.90. The van der Waals surface area contributed by atoms with E-state index in [0.29, 0.717) is 5.56 Å². The molecular weight excluding hydrogens is 364 g/mol. The summed E-state index contributed by atoms with van der Waals surface area (Å²) >= 11 is 0. The molecule has 8 heteroatoms. The van der Waals surface area contributed by atoms with Gasteiger partial charge in [-0.05, 0) is 36.2 Å². The highest BCUT2D eigenvalue weighted by atomic mass is 19.4. The van der Waals surface area contributed by atoms with Gasteiger partial charge in [0.25, 0.3) is 0 Å². The third kappa shape index (κ3) is 3.65. The first-order valence-corrected chi connectivity index (χ1v) is 8.22. The van der Waals surface area contributed by atoms with E-state index in [1.54, 1.807) is 6.07 Å². The lowest BCUT2D eigenvalue weighted by Crippen LogP contribution is -2.50. The number of nitrogens with zero attached hydrogens (tertiary/aromatic N) is 1. The Labute approximate surface area is 152 Å². The van der Waals surface area contributed by atoms with E-state index >= 15 is 0 Å². The summed E-state index contributed by atoms with van der Waals surface area (Å²) < 4.78 is 52.2. The van der Waals surface area contributed by atoms with Crippen molar-refractivity contribution in [3.63, 3.8) is 0 Å². The normalized spacial score (nSPS) is 20.6. The Morgan fingerprint density at radius 2 is 1.70 bits per heavy atom. The van der Waals surface area contributed by atoms with Crippen LogP contribution < -0.4 is 10.6 Å². The summed E-state index contributed by atoms with van der Waals surface area (Å²) in [5, 5.41) is 0. The molecule has 3 rings (SSSR count).